The smallest absolute Gasteiger partial charge is 0.416 e. The van der Waals surface area contributed by atoms with E-state index >= 15 is 0 Å². The molecular formula is C18H18F3NO3. The second-order valence-electron chi connectivity index (χ2n) is 5.23. The molecule has 4 nitrogen and oxygen atoms in total. The number of hydrogen-bond donors (Lipinski definition) is 1. The number of halogens is 3. The zero-order valence-corrected chi connectivity index (χ0v) is 13.6. The largest absolute Gasteiger partial charge is 0.493 e. The van der Waals surface area contributed by atoms with E-state index in [1.807, 2.05) is 6.07 Å². The second-order valence-corrected chi connectivity index (χ2v) is 5.23. The maximum absolute atomic E-state index is 12.6. The van der Waals surface area contributed by atoms with Gasteiger partial charge in [-0.05, 0) is 36.8 Å². The second kappa shape index (κ2) is 8.41. The average molecular weight is 353 g/mol. The van der Waals surface area contributed by atoms with Crippen LogP contribution < -0.4 is 14.8 Å². The van der Waals surface area contributed by atoms with E-state index in [1.165, 1.54) is 19.2 Å². The fourth-order valence-corrected chi connectivity index (χ4v) is 2.15. The standard InChI is InChI=1S/C18H18F3NO3/c1-24-15-8-2-3-9-16(15)25-11-5-10-17(23)22-14-7-4-6-13(12-14)18(19,20)21/h2-4,6-9,12H,5,10-11H2,1H3,(H,22,23). The number of nitrogens with one attached hydrogen (secondary N) is 1. The highest BCUT2D eigenvalue weighted by atomic mass is 19.4. The molecule has 0 heterocycles. The molecule has 2 rings (SSSR count). The first-order chi connectivity index (χ1) is 11.9. The van der Waals surface area contributed by atoms with Crippen molar-refractivity contribution < 1.29 is 27.4 Å². The van der Waals surface area contributed by atoms with Crippen molar-refractivity contribution in [1.82, 2.24) is 0 Å². The van der Waals surface area contributed by atoms with Crippen molar-refractivity contribution in [3.8, 4) is 11.5 Å². The minimum absolute atomic E-state index is 0.116. The third-order valence-corrected chi connectivity index (χ3v) is 3.35. The number of amides is 1. The van der Waals surface area contributed by atoms with Crippen molar-refractivity contribution in [2.45, 2.75) is 19.0 Å². The van der Waals surface area contributed by atoms with Gasteiger partial charge in [-0.15, -0.1) is 0 Å². The molecule has 0 saturated carbocycles. The first-order valence-corrected chi connectivity index (χ1v) is 7.63. The van der Waals surface area contributed by atoms with E-state index in [1.54, 1.807) is 18.2 Å². The molecule has 0 aliphatic carbocycles. The van der Waals surface area contributed by atoms with Crippen LogP contribution in [-0.4, -0.2) is 19.6 Å². The molecule has 7 heteroatoms. The molecular weight excluding hydrogens is 335 g/mol. The van der Waals surface area contributed by atoms with Crippen LogP contribution >= 0.6 is 0 Å². The molecule has 0 saturated heterocycles. The van der Waals surface area contributed by atoms with Crippen LogP contribution in [0, 0.1) is 0 Å². The third kappa shape index (κ3) is 5.70. The number of methoxy groups -OCH3 is 1. The molecule has 2 aromatic rings. The van der Waals surface area contributed by atoms with Crippen LogP contribution in [0.4, 0.5) is 18.9 Å². The predicted octanol–water partition coefficient (Wildman–Crippen LogP) is 4.51. The third-order valence-electron chi connectivity index (χ3n) is 3.35. The van der Waals surface area contributed by atoms with Crippen molar-refractivity contribution in [3.63, 3.8) is 0 Å². The normalized spacial score (nSPS) is 11.0. The number of rotatable bonds is 7. The van der Waals surface area contributed by atoms with Gasteiger partial charge in [-0.25, -0.2) is 0 Å². The molecule has 1 N–H and O–H groups in total. The van der Waals surface area contributed by atoms with Gasteiger partial charge in [0.2, 0.25) is 5.91 Å². The summed E-state index contributed by atoms with van der Waals surface area (Å²) >= 11 is 0. The van der Waals surface area contributed by atoms with Gasteiger partial charge in [-0.1, -0.05) is 18.2 Å². The summed E-state index contributed by atoms with van der Waals surface area (Å²) in [5.41, 5.74) is -0.685. The molecule has 0 unspecified atom stereocenters. The van der Waals surface area contributed by atoms with Crippen LogP contribution in [-0.2, 0) is 11.0 Å². The fraction of sp³-hybridized carbons (Fsp3) is 0.278. The Morgan fingerprint density at radius 1 is 1.08 bits per heavy atom. The van der Waals surface area contributed by atoms with Crippen LogP contribution in [0.3, 0.4) is 0 Å². The summed E-state index contributed by atoms with van der Waals surface area (Å²) in [7, 11) is 1.53. The molecule has 0 aromatic heterocycles. The lowest BCUT2D eigenvalue weighted by Crippen LogP contribution is -2.14. The minimum Gasteiger partial charge on any atom is -0.493 e. The van der Waals surface area contributed by atoms with Gasteiger partial charge in [0.15, 0.2) is 11.5 Å². The van der Waals surface area contributed by atoms with Crippen LogP contribution in [0.25, 0.3) is 0 Å². The predicted molar refractivity (Wildman–Crippen MR) is 87.8 cm³/mol. The van der Waals surface area contributed by atoms with Gasteiger partial charge in [0.05, 0.1) is 19.3 Å². The van der Waals surface area contributed by atoms with E-state index in [2.05, 4.69) is 5.32 Å². The zero-order valence-electron chi connectivity index (χ0n) is 13.6. The molecule has 0 atom stereocenters. The molecule has 134 valence electrons. The van der Waals surface area contributed by atoms with Gasteiger partial charge in [-0.3, -0.25) is 4.79 Å². The Labute approximate surface area is 143 Å². The van der Waals surface area contributed by atoms with Crippen molar-refractivity contribution in [2.75, 3.05) is 19.0 Å². The van der Waals surface area contributed by atoms with Gasteiger partial charge >= 0.3 is 6.18 Å². The lowest BCUT2D eigenvalue weighted by molar-refractivity contribution is -0.137. The van der Waals surface area contributed by atoms with E-state index in [-0.39, 0.29) is 24.6 Å². The Hall–Kier alpha value is -2.70. The first kappa shape index (κ1) is 18.6. The van der Waals surface area contributed by atoms with E-state index in [9.17, 15) is 18.0 Å². The van der Waals surface area contributed by atoms with Crippen molar-refractivity contribution in [1.29, 1.82) is 0 Å². The highest BCUT2D eigenvalue weighted by molar-refractivity contribution is 5.90. The number of para-hydroxylation sites is 2. The lowest BCUT2D eigenvalue weighted by Gasteiger charge is -2.11. The van der Waals surface area contributed by atoms with Crippen LogP contribution in [0.5, 0.6) is 11.5 Å². The van der Waals surface area contributed by atoms with Crippen LogP contribution in [0.1, 0.15) is 18.4 Å². The van der Waals surface area contributed by atoms with Gasteiger partial charge in [0, 0.05) is 12.1 Å². The van der Waals surface area contributed by atoms with Gasteiger partial charge in [0.25, 0.3) is 0 Å². The number of carbonyl (C=O) groups excluding carboxylic acids is 1. The Morgan fingerprint density at radius 3 is 2.48 bits per heavy atom. The van der Waals surface area contributed by atoms with E-state index in [0.717, 1.165) is 12.1 Å². The average Bonchev–Trinajstić information content (AvgIpc) is 2.58. The molecule has 1 amide bonds. The molecule has 0 aliphatic rings. The van der Waals surface area contributed by atoms with Crippen molar-refractivity contribution >= 4 is 11.6 Å². The van der Waals surface area contributed by atoms with E-state index in [4.69, 9.17) is 9.47 Å². The quantitative estimate of drug-likeness (QED) is 0.745. The molecule has 2 aromatic carbocycles. The highest BCUT2D eigenvalue weighted by Crippen LogP contribution is 2.30. The topological polar surface area (TPSA) is 47.6 Å². The number of ether oxygens (including phenoxy) is 2. The summed E-state index contributed by atoms with van der Waals surface area (Å²) in [4.78, 5) is 11.8. The van der Waals surface area contributed by atoms with Crippen LogP contribution in [0.2, 0.25) is 0 Å². The summed E-state index contributed by atoms with van der Waals surface area (Å²) < 4.78 is 48.6. The van der Waals surface area contributed by atoms with E-state index in [0.29, 0.717) is 17.9 Å². The van der Waals surface area contributed by atoms with Gasteiger partial charge < -0.3 is 14.8 Å². The van der Waals surface area contributed by atoms with Gasteiger partial charge in [-0.2, -0.15) is 13.2 Å². The summed E-state index contributed by atoms with van der Waals surface area (Å²) in [6, 6.07) is 11.7. The molecule has 0 aliphatic heterocycles. The first-order valence-electron chi connectivity index (χ1n) is 7.63. The molecule has 0 bridgehead atoms. The maximum atomic E-state index is 12.6. The lowest BCUT2D eigenvalue weighted by atomic mass is 10.2. The Morgan fingerprint density at radius 2 is 1.80 bits per heavy atom. The number of benzene rings is 2. The summed E-state index contributed by atoms with van der Waals surface area (Å²) in [6.45, 7) is 0.288. The SMILES string of the molecule is COc1ccccc1OCCCC(=O)Nc1cccc(C(F)(F)F)c1. The van der Waals surface area contributed by atoms with E-state index < -0.39 is 11.7 Å². The number of carbonyl (C=O) groups is 1. The maximum Gasteiger partial charge on any atom is 0.416 e. The molecule has 25 heavy (non-hydrogen) atoms. The highest BCUT2D eigenvalue weighted by Gasteiger charge is 2.30. The minimum atomic E-state index is -4.44. The van der Waals surface area contributed by atoms with Crippen LogP contribution in [0.15, 0.2) is 48.5 Å². The summed E-state index contributed by atoms with van der Waals surface area (Å²) in [5.74, 6) is 0.794. The van der Waals surface area contributed by atoms with Crippen molar-refractivity contribution in [3.05, 3.63) is 54.1 Å². The Balaban J connectivity index is 1.79. The number of alkyl halides is 3. The molecule has 0 radical (unpaired) electrons. The molecule has 0 spiro atoms. The molecule has 0 fully saturated rings. The Kier molecular flexibility index (Phi) is 6.27. The number of anilines is 1. The fourth-order valence-electron chi connectivity index (χ4n) is 2.15. The number of hydrogen-bond acceptors (Lipinski definition) is 3. The monoisotopic (exact) mass is 353 g/mol. The zero-order chi connectivity index (χ0) is 18.3. The Bertz CT molecular complexity index is 717. The summed E-state index contributed by atoms with van der Waals surface area (Å²) in [5, 5.41) is 2.46. The summed E-state index contributed by atoms with van der Waals surface area (Å²) in [6.07, 6.45) is -3.89. The van der Waals surface area contributed by atoms with Crippen molar-refractivity contribution in [2.24, 2.45) is 0 Å². The van der Waals surface area contributed by atoms with Gasteiger partial charge in [0.1, 0.15) is 0 Å².